The van der Waals surface area contributed by atoms with E-state index >= 15 is 0 Å². The van der Waals surface area contributed by atoms with E-state index in [0.29, 0.717) is 12.2 Å². The highest BCUT2D eigenvalue weighted by Gasteiger charge is 2.10. The molecule has 0 radical (unpaired) electrons. The number of nitrogens with zero attached hydrogens (tertiary/aromatic N) is 2. The summed E-state index contributed by atoms with van der Waals surface area (Å²) in [5, 5.41) is 13.6. The number of ether oxygens (including phenoxy) is 1. The molecule has 1 aliphatic rings. The molecule has 0 aromatic rings. The minimum absolute atomic E-state index is 0.276. The summed E-state index contributed by atoms with van der Waals surface area (Å²) in [4.78, 5) is 21.7. The lowest BCUT2D eigenvalue weighted by molar-refractivity contribution is -0.742. The molecule has 0 aliphatic carbocycles. The third kappa shape index (κ3) is 9.59. The first-order valence-electron chi connectivity index (χ1n) is 5.81. The SMILES string of the molecule is C=C(C)C(=O)OCCN1CCCCC1.O=[N+]([O-])O. The lowest BCUT2D eigenvalue weighted by Crippen LogP contribution is -2.33. The first-order valence-corrected chi connectivity index (χ1v) is 5.81. The first-order chi connectivity index (χ1) is 8.43. The summed E-state index contributed by atoms with van der Waals surface area (Å²) in [6, 6.07) is 0. The van der Waals surface area contributed by atoms with Crippen LogP contribution in [0.3, 0.4) is 0 Å². The predicted molar refractivity (Wildman–Crippen MR) is 64.8 cm³/mol. The van der Waals surface area contributed by atoms with Crippen molar-refractivity contribution >= 4 is 5.97 Å². The highest BCUT2D eigenvalue weighted by molar-refractivity contribution is 5.86. The molecule has 0 unspecified atom stereocenters. The van der Waals surface area contributed by atoms with E-state index < -0.39 is 5.09 Å². The van der Waals surface area contributed by atoms with Gasteiger partial charge in [0.05, 0.1) is 0 Å². The van der Waals surface area contributed by atoms with Gasteiger partial charge >= 0.3 is 5.97 Å². The second-order valence-electron chi connectivity index (χ2n) is 4.06. The van der Waals surface area contributed by atoms with Crippen LogP contribution in [0.2, 0.25) is 0 Å². The van der Waals surface area contributed by atoms with Gasteiger partial charge in [-0.3, -0.25) is 4.90 Å². The molecule has 1 N–H and O–H groups in total. The predicted octanol–water partition coefficient (Wildman–Crippen LogP) is 1.24. The zero-order valence-corrected chi connectivity index (χ0v) is 10.6. The summed E-state index contributed by atoms with van der Waals surface area (Å²) >= 11 is 0. The molecule has 1 fully saturated rings. The number of hydrogen-bond acceptors (Lipinski definition) is 5. The molecule has 7 heteroatoms. The largest absolute Gasteiger partial charge is 0.461 e. The second-order valence-corrected chi connectivity index (χ2v) is 4.06. The summed E-state index contributed by atoms with van der Waals surface area (Å²) in [7, 11) is 0. The van der Waals surface area contributed by atoms with Gasteiger partial charge in [-0.05, 0) is 32.9 Å². The van der Waals surface area contributed by atoms with Crippen LogP contribution in [-0.4, -0.2) is 47.4 Å². The summed E-state index contributed by atoms with van der Waals surface area (Å²) < 4.78 is 5.03. The number of hydrogen-bond donors (Lipinski definition) is 1. The fourth-order valence-electron chi connectivity index (χ4n) is 1.57. The van der Waals surface area contributed by atoms with Crippen molar-refractivity contribution in [1.82, 2.24) is 4.90 Å². The van der Waals surface area contributed by atoms with E-state index in [1.165, 1.54) is 19.3 Å². The van der Waals surface area contributed by atoms with E-state index in [4.69, 9.17) is 20.1 Å². The molecule has 1 heterocycles. The van der Waals surface area contributed by atoms with Crippen LogP contribution >= 0.6 is 0 Å². The van der Waals surface area contributed by atoms with Crippen molar-refractivity contribution < 1.29 is 19.8 Å². The maximum Gasteiger partial charge on any atom is 0.333 e. The Kier molecular flexibility index (Phi) is 8.55. The van der Waals surface area contributed by atoms with Gasteiger partial charge < -0.3 is 9.94 Å². The van der Waals surface area contributed by atoms with Crippen molar-refractivity contribution in [3.63, 3.8) is 0 Å². The van der Waals surface area contributed by atoms with Gasteiger partial charge in [0.1, 0.15) is 6.61 Å². The number of carbonyl (C=O) groups excluding carboxylic acids is 1. The second kappa shape index (κ2) is 9.41. The summed E-state index contributed by atoms with van der Waals surface area (Å²) in [5.41, 5.74) is 0.476. The number of rotatable bonds is 4. The van der Waals surface area contributed by atoms with Crippen LogP contribution in [0.25, 0.3) is 0 Å². The fourth-order valence-corrected chi connectivity index (χ4v) is 1.57. The quantitative estimate of drug-likeness (QED) is 0.354. The molecule has 0 aromatic carbocycles. The molecule has 1 rings (SSSR count). The zero-order chi connectivity index (χ0) is 14.0. The topological polar surface area (TPSA) is 92.9 Å². The average Bonchev–Trinajstić information content (AvgIpc) is 2.29. The number of esters is 1. The molecule has 0 aromatic heterocycles. The maximum absolute atomic E-state index is 11.0. The Hall–Kier alpha value is -1.63. The van der Waals surface area contributed by atoms with E-state index in [-0.39, 0.29) is 5.97 Å². The molecule has 0 saturated carbocycles. The molecule has 1 saturated heterocycles. The van der Waals surface area contributed by atoms with Gasteiger partial charge in [0.2, 0.25) is 0 Å². The maximum atomic E-state index is 11.0. The highest BCUT2D eigenvalue weighted by Crippen LogP contribution is 2.07. The van der Waals surface area contributed by atoms with Crippen LogP contribution < -0.4 is 0 Å². The standard InChI is InChI=1S/C11H19NO2.HNO3/c1-10(2)11(13)14-9-8-12-6-4-3-5-7-12;2-1(3)4/h1,3-9H2,2H3;(H,2,3,4). The van der Waals surface area contributed by atoms with Gasteiger partial charge in [0.15, 0.2) is 0 Å². The molecular formula is C11H20N2O5. The van der Waals surface area contributed by atoms with E-state index in [0.717, 1.165) is 19.6 Å². The van der Waals surface area contributed by atoms with Crippen LogP contribution in [0.1, 0.15) is 26.2 Å². The Morgan fingerprint density at radius 1 is 1.44 bits per heavy atom. The Balaban J connectivity index is 0.000000631. The summed E-state index contributed by atoms with van der Waals surface area (Å²) in [6.07, 6.45) is 3.88. The van der Waals surface area contributed by atoms with E-state index in [1.54, 1.807) is 6.92 Å². The van der Waals surface area contributed by atoms with Gasteiger partial charge in [-0.25, -0.2) is 4.79 Å². The Morgan fingerprint density at radius 3 is 2.39 bits per heavy atom. The Labute approximate surface area is 106 Å². The fraction of sp³-hybridized carbons (Fsp3) is 0.727. The first kappa shape index (κ1) is 16.4. The number of piperidine rings is 1. The summed E-state index contributed by atoms with van der Waals surface area (Å²) in [6.45, 7) is 8.84. The number of likely N-dealkylation sites (tertiary alicyclic amines) is 1. The average molecular weight is 260 g/mol. The molecular weight excluding hydrogens is 240 g/mol. The van der Waals surface area contributed by atoms with E-state index in [2.05, 4.69) is 11.5 Å². The van der Waals surface area contributed by atoms with Crippen molar-refractivity contribution in [1.29, 1.82) is 0 Å². The van der Waals surface area contributed by atoms with Gasteiger partial charge in [0.25, 0.3) is 5.09 Å². The van der Waals surface area contributed by atoms with Crippen LogP contribution in [-0.2, 0) is 9.53 Å². The third-order valence-corrected chi connectivity index (χ3v) is 2.44. The molecule has 104 valence electrons. The van der Waals surface area contributed by atoms with Gasteiger partial charge in [0, 0.05) is 12.1 Å². The van der Waals surface area contributed by atoms with Crippen LogP contribution in [0.5, 0.6) is 0 Å². The molecule has 7 nitrogen and oxygen atoms in total. The number of carbonyl (C=O) groups is 1. The van der Waals surface area contributed by atoms with Crippen LogP contribution in [0.4, 0.5) is 0 Å². The normalized spacial score (nSPS) is 15.2. The van der Waals surface area contributed by atoms with E-state index in [9.17, 15) is 4.79 Å². The Bertz CT molecular complexity index is 283. The van der Waals surface area contributed by atoms with Crippen molar-refractivity contribution in [3.8, 4) is 0 Å². The lowest BCUT2D eigenvalue weighted by Gasteiger charge is -2.25. The molecule has 0 amide bonds. The third-order valence-electron chi connectivity index (χ3n) is 2.44. The molecule has 0 bridgehead atoms. The molecule has 0 atom stereocenters. The van der Waals surface area contributed by atoms with Gasteiger partial charge in [-0.15, -0.1) is 10.1 Å². The highest BCUT2D eigenvalue weighted by atomic mass is 16.9. The van der Waals surface area contributed by atoms with Crippen LogP contribution in [0.15, 0.2) is 12.2 Å². The van der Waals surface area contributed by atoms with Crippen molar-refractivity contribution in [3.05, 3.63) is 22.3 Å². The minimum Gasteiger partial charge on any atom is -0.461 e. The lowest BCUT2D eigenvalue weighted by atomic mass is 10.1. The van der Waals surface area contributed by atoms with Crippen molar-refractivity contribution in [2.45, 2.75) is 26.2 Å². The molecule has 0 spiro atoms. The van der Waals surface area contributed by atoms with Crippen LogP contribution in [0, 0.1) is 10.1 Å². The van der Waals surface area contributed by atoms with Gasteiger partial charge in [-0.1, -0.05) is 13.0 Å². The minimum atomic E-state index is -1.50. The Morgan fingerprint density at radius 2 is 1.94 bits per heavy atom. The van der Waals surface area contributed by atoms with Crippen molar-refractivity contribution in [2.75, 3.05) is 26.2 Å². The molecule has 1 aliphatic heterocycles. The summed E-state index contributed by atoms with van der Waals surface area (Å²) in [5.74, 6) is -0.276. The monoisotopic (exact) mass is 260 g/mol. The molecule has 18 heavy (non-hydrogen) atoms. The van der Waals surface area contributed by atoms with E-state index in [1.807, 2.05) is 0 Å². The van der Waals surface area contributed by atoms with Gasteiger partial charge in [-0.2, -0.15) is 0 Å². The smallest absolute Gasteiger partial charge is 0.333 e. The zero-order valence-electron chi connectivity index (χ0n) is 10.6. The van der Waals surface area contributed by atoms with Crippen molar-refractivity contribution in [2.24, 2.45) is 0 Å².